The van der Waals surface area contributed by atoms with Crippen LogP contribution in [0.15, 0.2) is 48.5 Å². The number of fused-ring (bicyclic) bond motifs is 1. The molecule has 3 heterocycles. The Labute approximate surface area is 202 Å². The van der Waals surface area contributed by atoms with Gasteiger partial charge in [0.05, 0.1) is 12.3 Å². The smallest absolute Gasteiger partial charge is 0.267 e. The van der Waals surface area contributed by atoms with Gasteiger partial charge in [-0.25, -0.2) is 4.98 Å². The van der Waals surface area contributed by atoms with Crippen LogP contribution >= 0.6 is 11.3 Å². The van der Waals surface area contributed by atoms with Crippen molar-refractivity contribution in [3.8, 4) is 27.7 Å². The van der Waals surface area contributed by atoms with E-state index < -0.39 is 0 Å². The van der Waals surface area contributed by atoms with Crippen LogP contribution in [-0.2, 0) is 13.0 Å². The minimum atomic E-state index is -0.156. The molecule has 5 rings (SSSR count). The van der Waals surface area contributed by atoms with E-state index in [-0.39, 0.29) is 5.91 Å². The fraction of sp³-hybridized carbons (Fsp3) is 0.308. The number of hydrogen-bond donors (Lipinski definition) is 1. The first-order valence-corrected chi connectivity index (χ1v) is 12.5. The molecular weight excluding hydrogens is 446 g/mol. The molecule has 1 N–H and O–H groups in total. The number of aromatic nitrogens is 4. The molecule has 0 bridgehead atoms. The third kappa shape index (κ3) is 4.59. The minimum Gasteiger partial charge on any atom is -0.494 e. The monoisotopic (exact) mass is 473 g/mol. The number of thiazole rings is 1. The molecule has 174 valence electrons. The van der Waals surface area contributed by atoms with E-state index in [2.05, 4.69) is 25.1 Å². The van der Waals surface area contributed by atoms with Crippen LogP contribution in [0.25, 0.3) is 22.0 Å². The van der Waals surface area contributed by atoms with Crippen LogP contribution in [0.5, 0.6) is 5.75 Å². The van der Waals surface area contributed by atoms with Gasteiger partial charge in [-0.1, -0.05) is 6.42 Å². The summed E-state index contributed by atoms with van der Waals surface area (Å²) in [5.41, 5.74) is 3.42. The van der Waals surface area contributed by atoms with E-state index in [0.717, 1.165) is 58.6 Å². The molecule has 1 aliphatic heterocycles. The Kier molecular flexibility index (Phi) is 6.40. The van der Waals surface area contributed by atoms with Gasteiger partial charge in [0.15, 0.2) is 5.82 Å². The Bertz CT molecular complexity index is 1290. The number of aryl methyl sites for hydroxylation is 2. The molecule has 0 aliphatic carbocycles. The Balaban J connectivity index is 1.30. The molecule has 0 fully saturated rings. The zero-order valence-corrected chi connectivity index (χ0v) is 20.2. The second-order valence-corrected chi connectivity index (χ2v) is 9.32. The maximum Gasteiger partial charge on any atom is 0.267 e. The molecule has 2 aromatic carbocycles. The summed E-state index contributed by atoms with van der Waals surface area (Å²) in [7, 11) is 0. The van der Waals surface area contributed by atoms with Crippen LogP contribution in [0, 0.1) is 6.92 Å². The number of hydrogen-bond acceptors (Lipinski definition) is 6. The van der Waals surface area contributed by atoms with Crippen molar-refractivity contribution in [3.63, 3.8) is 0 Å². The average Bonchev–Trinajstić information content (AvgIpc) is 3.36. The number of anilines is 1. The number of rotatable bonds is 6. The topological polar surface area (TPSA) is 81.9 Å². The van der Waals surface area contributed by atoms with Crippen molar-refractivity contribution in [2.24, 2.45) is 0 Å². The van der Waals surface area contributed by atoms with Gasteiger partial charge in [-0.3, -0.25) is 4.79 Å². The van der Waals surface area contributed by atoms with Crippen molar-refractivity contribution in [1.29, 1.82) is 0 Å². The van der Waals surface area contributed by atoms with Gasteiger partial charge in [0.2, 0.25) is 0 Å². The Morgan fingerprint density at radius 3 is 2.56 bits per heavy atom. The van der Waals surface area contributed by atoms with Crippen molar-refractivity contribution in [2.75, 3.05) is 11.9 Å². The quantitative estimate of drug-likeness (QED) is 0.385. The van der Waals surface area contributed by atoms with Crippen LogP contribution in [0.4, 0.5) is 5.69 Å². The number of ether oxygens (including phenoxy) is 1. The summed E-state index contributed by atoms with van der Waals surface area (Å²) in [6.07, 6.45) is 4.53. The van der Waals surface area contributed by atoms with Gasteiger partial charge in [-0.2, -0.15) is 0 Å². The molecule has 0 atom stereocenters. The van der Waals surface area contributed by atoms with Crippen molar-refractivity contribution in [2.45, 2.75) is 46.1 Å². The summed E-state index contributed by atoms with van der Waals surface area (Å²) in [5.74, 6) is 2.63. The lowest BCUT2D eigenvalue weighted by Crippen LogP contribution is -2.11. The molecule has 1 amide bonds. The van der Waals surface area contributed by atoms with Gasteiger partial charge in [-0.05, 0) is 75.2 Å². The summed E-state index contributed by atoms with van der Waals surface area (Å²) < 4.78 is 7.73. The molecule has 2 aromatic heterocycles. The van der Waals surface area contributed by atoms with Gasteiger partial charge in [0, 0.05) is 29.8 Å². The van der Waals surface area contributed by atoms with Gasteiger partial charge >= 0.3 is 0 Å². The lowest BCUT2D eigenvalue weighted by molar-refractivity contribution is 0.103. The van der Waals surface area contributed by atoms with Gasteiger partial charge in [0.1, 0.15) is 21.5 Å². The van der Waals surface area contributed by atoms with E-state index in [4.69, 9.17) is 4.74 Å². The van der Waals surface area contributed by atoms with E-state index in [0.29, 0.717) is 17.2 Å². The largest absolute Gasteiger partial charge is 0.494 e. The van der Waals surface area contributed by atoms with Crippen LogP contribution in [-0.4, -0.2) is 32.3 Å². The molecule has 34 heavy (non-hydrogen) atoms. The molecule has 0 saturated heterocycles. The minimum absolute atomic E-state index is 0.156. The number of amides is 1. The van der Waals surface area contributed by atoms with E-state index in [1.165, 1.54) is 24.2 Å². The highest BCUT2D eigenvalue weighted by Crippen LogP contribution is 2.30. The average molecular weight is 474 g/mol. The van der Waals surface area contributed by atoms with E-state index in [1.807, 2.05) is 62.4 Å². The number of carbonyl (C=O) groups excluding carboxylic acids is 1. The normalized spacial score (nSPS) is 13.2. The zero-order valence-electron chi connectivity index (χ0n) is 19.4. The van der Waals surface area contributed by atoms with Crippen molar-refractivity contribution in [3.05, 3.63) is 64.9 Å². The van der Waals surface area contributed by atoms with E-state index in [1.54, 1.807) is 0 Å². The SMILES string of the molecule is CCOc1ccc(-c2nc(C)c(C(=O)Nc3ccc(-c4nnc5n4CCCCC5)cc3)s2)cc1. The number of nitrogens with zero attached hydrogens (tertiary/aromatic N) is 4. The first-order valence-electron chi connectivity index (χ1n) is 11.7. The highest BCUT2D eigenvalue weighted by atomic mass is 32.1. The van der Waals surface area contributed by atoms with Crippen LogP contribution in [0.1, 0.15) is 47.4 Å². The molecule has 0 radical (unpaired) electrons. The van der Waals surface area contributed by atoms with Crippen molar-refractivity contribution < 1.29 is 9.53 Å². The molecule has 0 unspecified atom stereocenters. The standard InChI is InChI=1S/C26H27N5O2S/c1-3-33-21-14-10-19(11-15-21)26-27-17(2)23(34-26)25(32)28-20-12-8-18(9-13-20)24-30-29-22-7-5-4-6-16-31(22)24/h8-15H,3-7,16H2,1-2H3,(H,28,32). The second-order valence-electron chi connectivity index (χ2n) is 8.32. The number of benzene rings is 2. The highest BCUT2D eigenvalue weighted by Gasteiger charge is 2.18. The molecule has 7 nitrogen and oxygen atoms in total. The fourth-order valence-corrected chi connectivity index (χ4v) is 5.15. The Morgan fingerprint density at radius 1 is 1.03 bits per heavy atom. The highest BCUT2D eigenvalue weighted by molar-refractivity contribution is 7.17. The van der Waals surface area contributed by atoms with Crippen molar-refractivity contribution >= 4 is 22.9 Å². The summed E-state index contributed by atoms with van der Waals surface area (Å²) in [6, 6.07) is 15.6. The summed E-state index contributed by atoms with van der Waals surface area (Å²) in [5, 5.41) is 12.6. The molecule has 0 saturated carbocycles. The molecule has 0 spiro atoms. The molecule has 4 aromatic rings. The molecule has 1 aliphatic rings. The van der Waals surface area contributed by atoms with E-state index >= 15 is 0 Å². The Morgan fingerprint density at radius 2 is 1.79 bits per heavy atom. The maximum absolute atomic E-state index is 13.0. The van der Waals surface area contributed by atoms with Crippen molar-refractivity contribution in [1.82, 2.24) is 19.7 Å². The number of carbonyl (C=O) groups is 1. The van der Waals surface area contributed by atoms with Crippen LogP contribution in [0.3, 0.4) is 0 Å². The van der Waals surface area contributed by atoms with E-state index in [9.17, 15) is 4.79 Å². The number of nitrogens with one attached hydrogen (secondary N) is 1. The predicted octanol–water partition coefficient (Wildman–Crippen LogP) is 5.75. The van der Waals surface area contributed by atoms with Gasteiger partial charge in [-0.15, -0.1) is 21.5 Å². The van der Waals surface area contributed by atoms with Crippen LogP contribution in [0.2, 0.25) is 0 Å². The predicted molar refractivity (Wildman–Crippen MR) is 134 cm³/mol. The Hall–Kier alpha value is -3.52. The summed E-state index contributed by atoms with van der Waals surface area (Å²) in [4.78, 5) is 18.2. The van der Waals surface area contributed by atoms with Crippen LogP contribution < -0.4 is 10.1 Å². The first-order chi connectivity index (χ1) is 16.6. The molecular formula is C26H27N5O2S. The first kappa shape index (κ1) is 22.3. The molecule has 8 heteroatoms. The van der Waals surface area contributed by atoms with Gasteiger partial charge in [0.25, 0.3) is 5.91 Å². The zero-order chi connectivity index (χ0) is 23.5. The third-order valence-electron chi connectivity index (χ3n) is 5.93. The maximum atomic E-state index is 13.0. The lowest BCUT2D eigenvalue weighted by atomic mass is 10.2. The van der Waals surface area contributed by atoms with Gasteiger partial charge < -0.3 is 14.6 Å². The summed E-state index contributed by atoms with van der Waals surface area (Å²) in [6.45, 7) is 5.41. The second kappa shape index (κ2) is 9.77. The fourth-order valence-electron chi connectivity index (χ4n) is 4.18. The third-order valence-corrected chi connectivity index (χ3v) is 7.13. The lowest BCUT2D eigenvalue weighted by Gasteiger charge is -2.08. The summed E-state index contributed by atoms with van der Waals surface area (Å²) >= 11 is 1.39.